The fourth-order valence-corrected chi connectivity index (χ4v) is 3.65. The van der Waals surface area contributed by atoms with Gasteiger partial charge in [0.2, 0.25) is 5.91 Å². The van der Waals surface area contributed by atoms with Gasteiger partial charge in [0.05, 0.1) is 12.0 Å². The Balaban J connectivity index is 1.95. The van der Waals surface area contributed by atoms with Crippen LogP contribution in [0.3, 0.4) is 0 Å². The zero-order chi connectivity index (χ0) is 20.1. The Bertz CT molecular complexity index is 834. The Labute approximate surface area is 163 Å². The minimum atomic E-state index is -0.900. The van der Waals surface area contributed by atoms with Crippen LogP contribution in [0.5, 0.6) is 0 Å². The first-order chi connectivity index (χ1) is 13.4. The van der Waals surface area contributed by atoms with E-state index >= 15 is 0 Å². The Morgan fingerprint density at radius 2 is 1.89 bits per heavy atom. The zero-order valence-electron chi connectivity index (χ0n) is 15.9. The fraction of sp³-hybridized carbons (Fsp3) is 0.409. The first kappa shape index (κ1) is 20.4. The van der Waals surface area contributed by atoms with Crippen LogP contribution in [0.15, 0.2) is 42.5 Å². The molecule has 1 heterocycles. The van der Waals surface area contributed by atoms with Crippen LogP contribution in [-0.2, 0) is 16.0 Å². The molecule has 0 aliphatic carbocycles. The lowest BCUT2D eigenvalue weighted by Gasteiger charge is -2.37. The Hall–Kier alpha value is -2.31. The summed E-state index contributed by atoms with van der Waals surface area (Å²) in [6.45, 7) is 2.58. The van der Waals surface area contributed by atoms with Gasteiger partial charge in [0.15, 0.2) is 11.6 Å². The van der Waals surface area contributed by atoms with Gasteiger partial charge in [-0.05, 0) is 55.0 Å². The number of ether oxygens (including phenoxy) is 1. The lowest BCUT2D eigenvalue weighted by atomic mass is 9.73. The molecule has 1 fully saturated rings. The van der Waals surface area contributed by atoms with Crippen molar-refractivity contribution in [3.8, 4) is 11.1 Å². The standard InChI is InChI=1S/C22H25F2NO3/c1-15(14-26)25-21(27)22(8-10-28-11-9-22)13-17-4-2-3-5-18(17)16-6-7-19(23)20(24)12-16/h2-7,12,15,26H,8-11,13-14H2,1H3,(H,25,27). The predicted molar refractivity (Wildman–Crippen MR) is 103 cm³/mol. The number of hydrogen-bond donors (Lipinski definition) is 2. The van der Waals surface area contributed by atoms with Gasteiger partial charge in [0.25, 0.3) is 0 Å². The molecular weight excluding hydrogens is 364 g/mol. The molecule has 0 aromatic heterocycles. The molecule has 6 heteroatoms. The van der Waals surface area contributed by atoms with Gasteiger partial charge in [0.1, 0.15) is 0 Å². The molecule has 0 saturated carbocycles. The van der Waals surface area contributed by atoms with Gasteiger partial charge < -0.3 is 15.2 Å². The highest BCUT2D eigenvalue weighted by Gasteiger charge is 2.41. The van der Waals surface area contributed by atoms with E-state index in [-0.39, 0.29) is 18.6 Å². The van der Waals surface area contributed by atoms with Crippen molar-refractivity contribution in [3.63, 3.8) is 0 Å². The van der Waals surface area contributed by atoms with Crippen molar-refractivity contribution in [1.29, 1.82) is 0 Å². The van der Waals surface area contributed by atoms with E-state index in [1.807, 2.05) is 24.3 Å². The third-order valence-corrected chi connectivity index (χ3v) is 5.36. The molecule has 1 unspecified atom stereocenters. The number of carbonyl (C=O) groups is 1. The highest BCUT2D eigenvalue weighted by Crippen LogP contribution is 2.38. The average Bonchev–Trinajstić information content (AvgIpc) is 2.71. The molecule has 1 aliphatic rings. The average molecular weight is 389 g/mol. The van der Waals surface area contributed by atoms with Crippen molar-refractivity contribution in [1.82, 2.24) is 5.32 Å². The van der Waals surface area contributed by atoms with E-state index in [0.717, 1.165) is 17.2 Å². The summed E-state index contributed by atoms with van der Waals surface area (Å²) < 4.78 is 32.6. The SMILES string of the molecule is CC(CO)NC(=O)C1(Cc2ccccc2-c2ccc(F)c(F)c2)CCOCC1. The van der Waals surface area contributed by atoms with E-state index in [2.05, 4.69) is 5.32 Å². The van der Waals surface area contributed by atoms with Crippen molar-refractivity contribution in [3.05, 3.63) is 59.7 Å². The molecule has 1 amide bonds. The Morgan fingerprint density at radius 1 is 1.18 bits per heavy atom. The normalized spacial score (nSPS) is 17.1. The number of carbonyl (C=O) groups excluding carboxylic acids is 1. The van der Waals surface area contributed by atoms with Crippen LogP contribution >= 0.6 is 0 Å². The van der Waals surface area contributed by atoms with Gasteiger partial charge in [-0.15, -0.1) is 0 Å². The van der Waals surface area contributed by atoms with Crippen LogP contribution in [-0.4, -0.2) is 36.9 Å². The van der Waals surface area contributed by atoms with Gasteiger partial charge in [-0.1, -0.05) is 30.3 Å². The minimum Gasteiger partial charge on any atom is -0.394 e. The van der Waals surface area contributed by atoms with Gasteiger partial charge in [-0.2, -0.15) is 0 Å². The van der Waals surface area contributed by atoms with E-state index in [1.165, 1.54) is 6.07 Å². The van der Waals surface area contributed by atoms with Crippen LogP contribution in [0.1, 0.15) is 25.3 Å². The molecule has 150 valence electrons. The second-order valence-electron chi connectivity index (χ2n) is 7.41. The molecule has 1 atom stereocenters. The number of halogens is 2. The number of nitrogens with one attached hydrogen (secondary N) is 1. The third kappa shape index (κ3) is 4.39. The maximum Gasteiger partial charge on any atom is 0.227 e. The summed E-state index contributed by atoms with van der Waals surface area (Å²) in [5.74, 6) is -1.90. The first-order valence-corrected chi connectivity index (χ1v) is 9.48. The second-order valence-corrected chi connectivity index (χ2v) is 7.41. The lowest BCUT2D eigenvalue weighted by molar-refractivity contribution is -0.137. The van der Waals surface area contributed by atoms with Gasteiger partial charge in [0, 0.05) is 19.3 Å². The van der Waals surface area contributed by atoms with Gasteiger partial charge in [-0.25, -0.2) is 8.78 Å². The van der Waals surface area contributed by atoms with E-state index in [0.29, 0.717) is 38.0 Å². The molecule has 2 aromatic rings. The number of amides is 1. The summed E-state index contributed by atoms with van der Waals surface area (Å²) in [7, 11) is 0. The van der Waals surface area contributed by atoms with Gasteiger partial charge >= 0.3 is 0 Å². The molecule has 1 saturated heterocycles. The van der Waals surface area contributed by atoms with Crippen LogP contribution in [0, 0.1) is 17.0 Å². The van der Waals surface area contributed by atoms with Crippen LogP contribution in [0.2, 0.25) is 0 Å². The van der Waals surface area contributed by atoms with E-state index in [4.69, 9.17) is 4.74 Å². The smallest absolute Gasteiger partial charge is 0.227 e. The quantitative estimate of drug-likeness (QED) is 0.795. The number of benzene rings is 2. The summed E-state index contributed by atoms with van der Waals surface area (Å²) in [6, 6.07) is 11.0. The van der Waals surface area contributed by atoms with E-state index in [1.54, 1.807) is 13.0 Å². The maximum atomic E-state index is 13.8. The third-order valence-electron chi connectivity index (χ3n) is 5.36. The Morgan fingerprint density at radius 3 is 2.57 bits per heavy atom. The molecule has 3 rings (SSSR count). The lowest BCUT2D eigenvalue weighted by Crippen LogP contribution is -2.49. The summed E-state index contributed by atoms with van der Waals surface area (Å²) in [5, 5.41) is 12.2. The largest absolute Gasteiger partial charge is 0.394 e. The molecule has 4 nitrogen and oxygen atoms in total. The van der Waals surface area contributed by atoms with Crippen molar-refractivity contribution < 1.29 is 23.4 Å². The summed E-state index contributed by atoms with van der Waals surface area (Å²) >= 11 is 0. The van der Waals surface area contributed by atoms with Crippen LogP contribution < -0.4 is 5.32 Å². The zero-order valence-corrected chi connectivity index (χ0v) is 15.9. The summed E-state index contributed by atoms with van der Waals surface area (Å²) in [5.41, 5.74) is 1.56. The highest BCUT2D eigenvalue weighted by molar-refractivity contribution is 5.84. The monoisotopic (exact) mass is 389 g/mol. The van der Waals surface area contributed by atoms with Crippen molar-refractivity contribution in [2.45, 2.75) is 32.2 Å². The van der Waals surface area contributed by atoms with Crippen LogP contribution in [0.25, 0.3) is 11.1 Å². The second kappa shape index (κ2) is 8.80. The predicted octanol–water partition coefficient (Wildman–Crippen LogP) is 3.47. The molecule has 0 bridgehead atoms. The number of rotatable bonds is 6. The van der Waals surface area contributed by atoms with Crippen LogP contribution in [0.4, 0.5) is 8.78 Å². The molecule has 0 spiro atoms. The minimum absolute atomic E-state index is 0.113. The molecule has 0 radical (unpaired) electrons. The molecule has 2 aromatic carbocycles. The summed E-state index contributed by atoms with van der Waals surface area (Å²) in [6.07, 6.45) is 1.57. The van der Waals surface area contributed by atoms with Crippen molar-refractivity contribution in [2.24, 2.45) is 5.41 Å². The number of aliphatic hydroxyl groups excluding tert-OH is 1. The van der Waals surface area contributed by atoms with Gasteiger partial charge in [-0.3, -0.25) is 4.79 Å². The van der Waals surface area contributed by atoms with E-state index in [9.17, 15) is 18.7 Å². The molecule has 1 aliphatic heterocycles. The van der Waals surface area contributed by atoms with Crippen molar-refractivity contribution >= 4 is 5.91 Å². The highest BCUT2D eigenvalue weighted by atomic mass is 19.2. The number of hydrogen-bond acceptors (Lipinski definition) is 3. The molecule has 2 N–H and O–H groups in total. The number of aliphatic hydroxyl groups is 1. The first-order valence-electron chi connectivity index (χ1n) is 9.48. The topological polar surface area (TPSA) is 58.6 Å². The Kier molecular flexibility index (Phi) is 6.42. The maximum absolute atomic E-state index is 13.8. The molecular formula is C22H25F2NO3. The molecule has 28 heavy (non-hydrogen) atoms. The van der Waals surface area contributed by atoms with E-state index < -0.39 is 17.0 Å². The fourth-order valence-electron chi connectivity index (χ4n) is 3.65. The van der Waals surface area contributed by atoms with Crippen molar-refractivity contribution in [2.75, 3.05) is 19.8 Å². The summed E-state index contributed by atoms with van der Waals surface area (Å²) in [4.78, 5) is 13.1.